The van der Waals surface area contributed by atoms with Gasteiger partial charge in [0, 0.05) is 23.6 Å². The molecule has 2 aromatic carbocycles. The van der Waals surface area contributed by atoms with Crippen molar-refractivity contribution in [2.75, 3.05) is 0 Å². The van der Waals surface area contributed by atoms with E-state index in [1.54, 1.807) is 0 Å². The highest BCUT2D eigenvalue weighted by atomic mass is 19.1. The van der Waals surface area contributed by atoms with Crippen molar-refractivity contribution in [3.8, 4) is 0 Å². The van der Waals surface area contributed by atoms with Crippen LogP contribution in [-0.2, 0) is 27.2 Å². The molecule has 0 aliphatic heterocycles. The van der Waals surface area contributed by atoms with Gasteiger partial charge in [-0.2, -0.15) is 0 Å². The molecule has 1 saturated carbocycles. The van der Waals surface area contributed by atoms with Crippen molar-refractivity contribution in [3.05, 3.63) is 70.5 Å². The smallest absolute Gasteiger partial charge is 0.307 e. The van der Waals surface area contributed by atoms with Gasteiger partial charge in [-0.25, -0.2) is 4.39 Å². The number of ketones is 1. The van der Waals surface area contributed by atoms with Crippen LogP contribution < -0.4 is 5.32 Å². The van der Waals surface area contributed by atoms with Crippen LogP contribution in [0.5, 0.6) is 0 Å². The van der Waals surface area contributed by atoms with Crippen LogP contribution in [0.4, 0.5) is 4.39 Å². The van der Waals surface area contributed by atoms with E-state index in [2.05, 4.69) is 5.32 Å². The van der Waals surface area contributed by atoms with Crippen molar-refractivity contribution >= 4 is 17.7 Å². The number of nitrogens with one attached hydrogen (secondary N) is 1. The quantitative estimate of drug-likeness (QED) is 0.509. The second-order valence-corrected chi connectivity index (χ2v) is 8.32. The normalized spacial score (nSPS) is 16.2. The second kappa shape index (κ2) is 9.41. The minimum absolute atomic E-state index is 0.0119. The van der Waals surface area contributed by atoms with Crippen molar-refractivity contribution < 1.29 is 23.5 Å². The molecule has 6 heteroatoms. The van der Waals surface area contributed by atoms with Gasteiger partial charge in [0.2, 0.25) is 6.10 Å². The first-order chi connectivity index (χ1) is 15.0. The Labute approximate surface area is 181 Å². The summed E-state index contributed by atoms with van der Waals surface area (Å²) in [5.41, 5.74) is 3.52. The van der Waals surface area contributed by atoms with Crippen LogP contribution >= 0.6 is 0 Å². The van der Waals surface area contributed by atoms with Crippen molar-refractivity contribution in [2.45, 2.75) is 63.5 Å². The molecule has 4 rings (SSSR count). The molecular formula is C25H26FNO4. The van der Waals surface area contributed by atoms with Gasteiger partial charge in [0.05, 0.1) is 6.42 Å². The highest BCUT2D eigenvalue weighted by molar-refractivity contribution is 5.98. The van der Waals surface area contributed by atoms with Gasteiger partial charge in [-0.05, 0) is 67.9 Å². The topological polar surface area (TPSA) is 72.5 Å². The first-order valence-corrected chi connectivity index (χ1v) is 10.9. The van der Waals surface area contributed by atoms with E-state index in [0.717, 1.165) is 32.1 Å². The van der Waals surface area contributed by atoms with Crippen molar-refractivity contribution in [1.29, 1.82) is 0 Å². The zero-order valence-electron chi connectivity index (χ0n) is 17.4. The van der Waals surface area contributed by atoms with Gasteiger partial charge in [0.25, 0.3) is 5.91 Å². The molecule has 0 unspecified atom stereocenters. The van der Waals surface area contributed by atoms with Gasteiger partial charge in [-0.15, -0.1) is 0 Å². The van der Waals surface area contributed by atoms with Gasteiger partial charge < -0.3 is 10.1 Å². The third kappa shape index (κ3) is 5.57. The number of hydrogen-bond donors (Lipinski definition) is 1. The van der Waals surface area contributed by atoms with E-state index in [9.17, 15) is 18.8 Å². The average molecular weight is 423 g/mol. The number of rotatable bonds is 8. The Bertz CT molecular complexity index is 982. The van der Waals surface area contributed by atoms with Crippen LogP contribution in [0.3, 0.4) is 0 Å². The number of carbonyl (C=O) groups is 3. The standard InChI is InChI=1S/C25H26FNO4/c26-20-9-7-17(8-10-20)24(25(30)27-21-11-12-21)31-23(29)14-13-22(28)19-6-5-16-3-1-2-4-18(16)15-19/h5-10,15,21,24H,1-4,11-14H2,(H,27,30)/t24-/m0/s1. The SMILES string of the molecule is O=C(CCC(=O)c1ccc2c(c1)CCCC2)O[C@H](C(=O)NC1CC1)c1ccc(F)cc1. The number of benzene rings is 2. The van der Waals surface area contributed by atoms with Crippen molar-refractivity contribution in [2.24, 2.45) is 0 Å². The Balaban J connectivity index is 1.37. The molecule has 5 nitrogen and oxygen atoms in total. The summed E-state index contributed by atoms with van der Waals surface area (Å²) in [6.45, 7) is 0. The van der Waals surface area contributed by atoms with E-state index in [0.29, 0.717) is 11.1 Å². The Kier molecular flexibility index (Phi) is 6.44. The first kappa shape index (κ1) is 21.2. The van der Waals surface area contributed by atoms with Gasteiger partial charge in [-0.3, -0.25) is 14.4 Å². The molecule has 0 aromatic heterocycles. The van der Waals surface area contributed by atoms with Crippen LogP contribution in [0.2, 0.25) is 0 Å². The predicted octanol–water partition coefficient (Wildman–Crippen LogP) is 4.23. The lowest BCUT2D eigenvalue weighted by Crippen LogP contribution is -2.33. The lowest BCUT2D eigenvalue weighted by Gasteiger charge is -2.18. The number of esters is 1. The fourth-order valence-electron chi connectivity index (χ4n) is 3.87. The van der Waals surface area contributed by atoms with E-state index >= 15 is 0 Å². The molecule has 1 atom stereocenters. The minimum atomic E-state index is -1.16. The van der Waals surface area contributed by atoms with Crippen LogP contribution in [0, 0.1) is 5.82 Å². The Morgan fingerprint density at radius 3 is 2.39 bits per heavy atom. The zero-order chi connectivity index (χ0) is 21.8. The lowest BCUT2D eigenvalue weighted by molar-refractivity contribution is -0.156. The summed E-state index contributed by atoms with van der Waals surface area (Å²) in [6.07, 6.45) is 4.85. The summed E-state index contributed by atoms with van der Waals surface area (Å²) < 4.78 is 18.7. The minimum Gasteiger partial charge on any atom is -0.447 e. The first-order valence-electron chi connectivity index (χ1n) is 10.9. The number of carbonyl (C=O) groups excluding carboxylic acids is 3. The molecule has 2 aromatic rings. The molecule has 0 heterocycles. The summed E-state index contributed by atoms with van der Waals surface area (Å²) in [5, 5.41) is 2.82. The van der Waals surface area contributed by atoms with Gasteiger partial charge >= 0.3 is 5.97 Å². The highest BCUT2D eigenvalue weighted by Crippen LogP contribution is 2.25. The van der Waals surface area contributed by atoms with Crippen LogP contribution in [-0.4, -0.2) is 23.7 Å². The zero-order valence-corrected chi connectivity index (χ0v) is 17.4. The van der Waals surface area contributed by atoms with E-state index in [4.69, 9.17) is 4.74 Å². The van der Waals surface area contributed by atoms with E-state index in [1.165, 1.54) is 41.8 Å². The largest absolute Gasteiger partial charge is 0.447 e. The third-order valence-electron chi connectivity index (χ3n) is 5.81. The maximum absolute atomic E-state index is 13.3. The number of amides is 1. The van der Waals surface area contributed by atoms with Gasteiger partial charge in [-0.1, -0.05) is 24.3 Å². The van der Waals surface area contributed by atoms with Crippen LogP contribution in [0.25, 0.3) is 0 Å². The number of aryl methyl sites for hydroxylation is 2. The van der Waals surface area contributed by atoms with Crippen molar-refractivity contribution in [1.82, 2.24) is 5.32 Å². The number of halogens is 1. The van der Waals surface area contributed by atoms with Gasteiger partial charge in [0.15, 0.2) is 5.78 Å². The average Bonchev–Trinajstić information content (AvgIpc) is 3.60. The molecule has 2 aliphatic carbocycles. The van der Waals surface area contributed by atoms with Gasteiger partial charge in [0.1, 0.15) is 5.82 Å². The Hall–Kier alpha value is -3.02. The van der Waals surface area contributed by atoms with E-state index in [-0.39, 0.29) is 24.7 Å². The molecule has 2 aliphatic rings. The number of fused-ring (bicyclic) bond motifs is 1. The summed E-state index contributed by atoms with van der Waals surface area (Å²) >= 11 is 0. The third-order valence-corrected chi connectivity index (χ3v) is 5.81. The van der Waals surface area contributed by atoms with E-state index in [1.807, 2.05) is 18.2 Å². The summed E-state index contributed by atoms with van der Waals surface area (Å²) in [6, 6.07) is 11.2. The fourth-order valence-corrected chi connectivity index (χ4v) is 3.87. The maximum atomic E-state index is 13.3. The number of Topliss-reactive ketones (excluding diaryl/α,β-unsaturated/α-hetero) is 1. The predicted molar refractivity (Wildman–Crippen MR) is 113 cm³/mol. The molecule has 162 valence electrons. The molecule has 0 radical (unpaired) electrons. The second-order valence-electron chi connectivity index (χ2n) is 8.32. The van der Waals surface area contributed by atoms with Crippen LogP contribution in [0.1, 0.15) is 71.7 Å². The molecule has 1 fully saturated rings. The summed E-state index contributed by atoms with van der Waals surface area (Å²) in [7, 11) is 0. The molecular weight excluding hydrogens is 397 g/mol. The lowest BCUT2D eigenvalue weighted by atomic mass is 9.89. The Morgan fingerprint density at radius 1 is 0.968 bits per heavy atom. The maximum Gasteiger partial charge on any atom is 0.307 e. The molecule has 31 heavy (non-hydrogen) atoms. The molecule has 0 saturated heterocycles. The van der Waals surface area contributed by atoms with Crippen molar-refractivity contribution in [3.63, 3.8) is 0 Å². The molecule has 1 amide bonds. The summed E-state index contributed by atoms with van der Waals surface area (Å²) in [4.78, 5) is 37.6. The Morgan fingerprint density at radius 2 is 1.68 bits per heavy atom. The summed E-state index contributed by atoms with van der Waals surface area (Å²) in [5.74, 6) is -1.62. The van der Waals surface area contributed by atoms with E-state index < -0.39 is 23.8 Å². The fraction of sp³-hybridized carbons (Fsp3) is 0.400. The molecule has 0 spiro atoms. The molecule has 1 N–H and O–H groups in total. The number of hydrogen-bond acceptors (Lipinski definition) is 4. The monoisotopic (exact) mass is 423 g/mol. The molecule has 0 bridgehead atoms. The number of ether oxygens (including phenoxy) is 1. The van der Waals surface area contributed by atoms with Crippen LogP contribution in [0.15, 0.2) is 42.5 Å². The highest BCUT2D eigenvalue weighted by Gasteiger charge is 2.31.